The maximum atomic E-state index is 8.31. The van der Waals surface area contributed by atoms with Crippen LogP contribution in [0.5, 0.6) is 0 Å². The van der Waals surface area contributed by atoms with Crippen LogP contribution in [0.4, 0.5) is 0 Å². The number of hydrogen-bond acceptors (Lipinski definition) is 4. The third-order valence-corrected chi connectivity index (χ3v) is 7.88. The number of furan rings is 1. The molecule has 0 bridgehead atoms. The summed E-state index contributed by atoms with van der Waals surface area (Å²) in [6, 6.07) is 36.1. The smallest absolute Gasteiger partial charge is 0.500 e. The fourth-order valence-corrected chi connectivity index (χ4v) is 5.66. The molecule has 0 atom stereocenters. The summed E-state index contributed by atoms with van der Waals surface area (Å²) in [6.45, 7) is 0.465. The van der Waals surface area contributed by atoms with Gasteiger partial charge in [-0.1, -0.05) is 85.3 Å². The molecule has 0 unspecified atom stereocenters. The molecule has 0 N–H and O–H groups in total. The molecule has 248 valence electrons. The molecule has 0 aliphatic rings. The maximum absolute atomic E-state index is 8.31. The zero-order valence-corrected chi connectivity index (χ0v) is 30.1. The Morgan fingerprint density at radius 1 is 0.820 bits per heavy atom. The van der Waals surface area contributed by atoms with Crippen LogP contribution in [-0.2, 0) is 26.5 Å². The molecule has 0 fully saturated rings. The Morgan fingerprint density at radius 2 is 1.62 bits per heavy atom. The molecule has 4 heterocycles. The van der Waals surface area contributed by atoms with Crippen LogP contribution in [0, 0.1) is 38.3 Å². The van der Waals surface area contributed by atoms with Crippen LogP contribution in [0.15, 0.2) is 120 Å². The summed E-state index contributed by atoms with van der Waals surface area (Å²) in [5.74, 6) is 0.605. The van der Waals surface area contributed by atoms with Crippen LogP contribution in [0.25, 0.3) is 66.7 Å². The van der Waals surface area contributed by atoms with Gasteiger partial charge in [0.1, 0.15) is 5.58 Å². The summed E-state index contributed by atoms with van der Waals surface area (Å²) in [5.41, 5.74) is 4.83. The van der Waals surface area contributed by atoms with E-state index in [0.717, 1.165) is 44.7 Å². The van der Waals surface area contributed by atoms with Crippen molar-refractivity contribution in [2.75, 3.05) is 0 Å². The van der Waals surface area contributed by atoms with Crippen LogP contribution in [0.3, 0.4) is 0 Å². The monoisotopic (exact) mass is 839 g/mol. The Morgan fingerprint density at radius 3 is 2.36 bits per heavy atom. The SMILES string of the molecule is [2H]C([2H])([2H])c1cnc(-c2[c-]ccc3c2oc2c4cnc(-c5ccccc5)nc4ccc32)cc1C([2H])([2H])[2H].[2H]C([2H])(c1ccc(-c2[c-]cccc2)[n+]([CH2-])c1)C(C)(C)C.[Ir+3]. The van der Waals surface area contributed by atoms with Gasteiger partial charge in [0.05, 0.1) is 28.4 Å². The summed E-state index contributed by atoms with van der Waals surface area (Å²) >= 11 is 0. The Balaban J connectivity index is 0.000000230. The fourth-order valence-electron chi connectivity index (χ4n) is 5.66. The van der Waals surface area contributed by atoms with E-state index in [4.69, 9.17) is 20.4 Å². The molecule has 5 nitrogen and oxygen atoms in total. The second-order valence-electron chi connectivity index (χ2n) is 12.7. The number of pyridine rings is 2. The van der Waals surface area contributed by atoms with Crippen molar-refractivity contribution in [2.24, 2.45) is 5.41 Å². The summed E-state index contributed by atoms with van der Waals surface area (Å²) in [7, 11) is 3.98. The Labute approximate surface area is 318 Å². The predicted molar refractivity (Wildman–Crippen MR) is 199 cm³/mol. The Bertz CT molecular complexity index is 2740. The first-order valence-corrected chi connectivity index (χ1v) is 15.8. The molecule has 50 heavy (non-hydrogen) atoms. The topological polar surface area (TPSA) is 55.7 Å². The number of aromatic nitrogens is 4. The van der Waals surface area contributed by atoms with Crippen molar-refractivity contribution in [3.8, 4) is 33.9 Å². The van der Waals surface area contributed by atoms with Crippen molar-refractivity contribution in [1.82, 2.24) is 15.0 Å². The fraction of sp³-hybridized carbons (Fsp3) is 0.159. The molecule has 8 rings (SSSR count). The number of rotatable bonds is 4. The van der Waals surface area contributed by atoms with Gasteiger partial charge in [0.25, 0.3) is 0 Å². The van der Waals surface area contributed by atoms with Crippen LogP contribution in [-0.4, -0.2) is 15.0 Å². The Kier molecular flexibility index (Phi) is 7.40. The van der Waals surface area contributed by atoms with Crippen molar-refractivity contribution in [3.05, 3.63) is 152 Å². The van der Waals surface area contributed by atoms with Gasteiger partial charge in [-0.3, -0.25) is 0 Å². The number of aryl methyl sites for hydroxylation is 2. The van der Waals surface area contributed by atoms with Gasteiger partial charge in [0.2, 0.25) is 0 Å². The molecular formula is C44H38IrN4O+. The molecule has 4 aromatic carbocycles. The summed E-state index contributed by atoms with van der Waals surface area (Å²) < 4.78 is 71.5. The van der Waals surface area contributed by atoms with E-state index in [2.05, 4.69) is 29.1 Å². The first kappa shape index (κ1) is 25.8. The van der Waals surface area contributed by atoms with Gasteiger partial charge >= 0.3 is 20.1 Å². The minimum Gasteiger partial charge on any atom is -0.500 e. The van der Waals surface area contributed by atoms with Crippen molar-refractivity contribution in [3.63, 3.8) is 0 Å². The molecule has 0 spiro atoms. The van der Waals surface area contributed by atoms with E-state index in [9.17, 15) is 0 Å². The average molecular weight is 839 g/mol. The van der Waals surface area contributed by atoms with E-state index in [1.54, 1.807) is 23.0 Å². The van der Waals surface area contributed by atoms with E-state index < -0.39 is 25.5 Å². The van der Waals surface area contributed by atoms with E-state index in [-0.39, 0.29) is 36.9 Å². The van der Waals surface area contributed by atoms with Gasteiger partial charge in [-0.2, -0.15) is 0 Å². The third-order valence-electron chi connectivity index (χ3n) is 7.88. The van der Waals surface area contributed by atoms with Crippen LogP contribution >= 0.6 is 0 Å². The normalized spacial score (nSPS) is 14.5. The molecule has 0 aliphatic carbocycles. The molecule has 0 radical (unpaired) electrons. The van der Waals surface area contributed by atoms with Gasteiger partial charge in [0.15, 0.2) is 5.82 Å². The van der Waals surface area contributed by atoms with Crippen molar-refractivity contribution < 1.29 is 40.1 Å². The van der Waals surface area contributed by atoms with Crippen molar-refractivity contribution >= 4 is 32.8 Å². The van der Waals surface area contributed by atoms with Gasteiger partial charge < -0.3 is 14.0 Å². The first-order chi connectivity index (χ1) is 26.8. The third kappa shape index (κ3) is 7.23. The van der Waals surface area contributed by atoms with Crippen LogP contribution < -0.4 is 4.57 Å². The van der Waals surface area contributed by atoms with E-state index >= 15 is 0 Å². The predicted octanol–water partition coefficient (Wildman–Crippen LogP) is 10.3. The molecule has 0 aliphatic heterocycles. The molecular weight excluding hydrogens is 793 g/mol. The van der Waals surface area contributed by atoms with Crippen molar-refractivity contribution in [1.29, 1.82) is 0 Å². The zero-order chi connectivity index (χ0) is 40.9. The average Bonchev–Trinajstić information content (AvgIpc) is 3.57. The van der Waals surface area contributed by atoms with Crippen LogP contribution in [0.1, 0.15) is 48.4 Å². The molecule has 4 aromatic heterocycles. The maximum Gasteiger partial charge on any atom is 3.00 e. The number of benzene rings is 4. The number of fused-ring (bicyclic) bond motifs is 5. The number of nitrogens with zero attached hydrogens (tertiary/aromatic N) is 4. The standard InChI is InChI=1S/C27H18N3O.C17H20N.Ir/c1-16-13-24(28-14-17(16)2)21-10-6-9-19-20-11-12-23-22(26(20)31-25(19)21)15-29-27(30-23)18-7-4-3-5-8-18;1-17(2,3)12-14-10-11-16(18(4)13-14)15-8-6-5-7-9-15;/h3-9,11-15H,1-2H3;5-8,10-11,13H,4,12H2,1-3H3;/q2*-1;+3/i1D3,2D3;12D2;. The summed E-state index contributed by atoms with van der Waals surface area (Å²) in [5, 5.41) is 2.35. The largest absolute Gasteiger partial charge is 3.00 e. The number of hydrogen-bond donors (Lipinski definition) is 0. The van der Waals surface area contributed by atoms with Crippen molar-refractivity contribution in [2.45, 2.75) is 40.8 Å². The molecule has 0 saturated heterocycles. The van der Waals surface area contributed by atoms with Gasteiger partial charge in [-0.15, -0.1) is 48.5 Å². The van der Waals surface area contributed by atoms with Gasteiger partial charge in [-0.25, -0.2) is 9.97 Å². The minimum absolute atomic E-state index is 0. The quantitative estimate of drug-likeness (QED) is 0.131. The molecule has 0 saturated carbocycles. The first-order valence-electron chi connectivity index (χ1n) is 19.8. The zero-order valence-electron chi connectivity index (χ0n) is 35.7. The minimum atomic E-state index is -2.63. The molecule has 8 aromatic rings. The van der Waals surface area contributed by atoms with E-state index in [0.29, 0.717) is 28.1 Å². The van der Waals surface area contributed by atoms with E-state index in [1.807, 2.05) is 106 Å². The van der Waals surface area contributed by atoms with E-state index in [1.165, 1.54) is 6.07 Å². The molecule has 6 heteroatoms. The summed E-state index contributed by atoms with van der Waals surface area (Å²) in [6.07, 6.45) is 3.19. The van der Waals surface area contributed by atoms with Gasteiger partial charge in [-0.05, 0) is 60.5 Å². The Hall–Kier alpha value is -5.16. The van der Waals surface area contributed by atoms with Crippen LogP contribution in [0.2, 0.25) is 0 Å². The second-order valence-corrected chi connectivity index (χ2v) is 12.7. The summed E-state index contributed by atoms with van der Waals surface area (Å²) in [4.78, 5) is 13.5. The second kappa shape index (κ2) is 14.4. The van der Waals surface area contributed by atoms with Gasteiger partial charge in [0, 0.05) is 41.4 Å². The molecule has 0 amide bonds.